The van der Waals surface area contributed by atoms with Crippen LogP contribution in [0.25, 0.3) is 0 Å². The van der Waals surface area contributed by atoms with E-state index in [1.165, 1.54) is 5.56 Å². The average molecular weight is 323 g/mol. The Morgan fingerprint density at radius 1 is 0.958 bits per heavy atom. The van der Waals surface area contributed by atoms with Crippen LogP contribution >= 0.6 is 0 Å². The molecule has 0 radical (unpaired) electrons. The zero-order chi connectivity index (χ0) is 17.7. The number of hydrogen-bond donors (Lipinski definition) is 1. The molecule has 0 aromatic heterocycles. The number of benzene rings is 2. The van der Waals surface area contributed by atoms with Crippen molar-refractivity contribution < 1.29 is 4.79 Å². The molecule has 128 valence electrons. The van der Waals surface area contributed by atoms with Crippen molar-refractivity contribution in [1.82, 2.24) is 5.32 Å². The molecule has 2 nitrogen and oxygen atoms in total. The molecule has 0 saturated heterocycles. The predicted octanol–water partition coefficient (Wildman–Crippen LogP) is 5.50. The number of hydrogen-bond acceptors (Lipinski definition) is 1. The lowest BCUT2D eigenvalue weighted by molar-refractivity contribution is 0.0932. The molecule has 2 heteroatoms. The molecule has 0 spiro atoms. The van der Waals surface area contributed by atoms with E-state index in [0.29, 0.717) is 11.5 Å². The van der Waals surface area contributed by atoms with Crippen molar-refractivity contribution >= 4 is 5.91 Å². The molecule has 1 N–H and O–H groups in total. The van der Waals surface area contributed by atoms with Gasteiger partial charge in [0.05, 0.1) is 6.04 Å². The van der Waals surface area contributed by atoms with E-state index in [4.69, 9.17) is 0 Å². The predicted molar refractivity (Wildman–Crippen MR) is 101 cm³/mol. The fraction of sp³-hybridized carbons (Fsp3) is 0.409. The van der Waals surface area contributed by atoms with Crippen LogP contribution in [0.2, 0.25) is 0 Å². The number of rotatable bonds is 5. The summed E-state index contributed by atoms with van der Waals surface area (Å²) in [5.74, 6) is 0.503. The van der Waals surface area contributed by atoms with E-state index in [0.717, 1.165) is 12.0 Å². The van der Waals surface area contributed by atoms with Gasteiger partial charge in [0, 0.05) is 5.56 Å². The van der Waals surface area contributed by atoms with Crippen LogP contribution in [-0.4, -0.2) is 5.91 Å². The van der Waals surface area contributed by atoms with Crippen LogP contribution in [0.1, 0.15) is 68.6 Å². The SMILES string of the molecule is CC(C)C[C@H](NC(=O)c1ccc(C(C)(C)C)cc1)c1ccccc1. The van der Waals surface area contributed by atoms with Gasteiger partial charge in [-0.05, 0) is 41.0 Å². The summed E-state index contributed by atoms with van der Waals surface area (Å²) in [6.45, 7) is 10.9. The quantitative estimate of drug-likeness (QED) is 0.773. The summed E-state index contributed by atoms with van der Waals surface area (Å²) in [5, 5.41) is 3.20. The molecule has 0 unspecified atom stereocenters. The topological polar surface area (TPSA) is 29.1 Å². The first kappa shape index (κ1) is 18.3. The van der Waals surface area contributed by atoms with Gasteiger partial charge < -0.3 is 5.32 Å². The van der Waals surface area contributed by atoms with Gasteiger partial charge in [-0.1, -0.05) is 77.1 Å². The van der Waals surface area contributed by atoms with Gasteiger partial charge in [-0.15, -0.1) is 0 Å². The average Bonchev–Trinajstić information content (AvgIpc) is 2.54. The van der Waals surface area contributed by atoms with Gasteiger partial charge in [0.2, 0.25) is 0 Å². The lowest BCUT2D eigenvalue weighted by atomic mass is 9.86. The molecule has 2 rings (SSSR count). The van der Waals surface area contributed by atoms with Gasteiger partial charge in [0.1, 0.15) is 0 Å². The Labute approximate surface area is 146 Å². The Bertz CT molecular complexity index is 651. The van der Waals surface area contributed by atoms with E-state index in [-0.39, 0.29) is 17.4 Å². The Morgan fingerprint density at radius 2 is 1.54 bits per heavy atom. The smallest absolute Gasteiger partial charge is 0.251 e. The van der Waals surface area contributed by atoms with Crippen molar-refractivity contribution in [1.29, 1.82) is 0 Å². The second kappa shape index (κ2) is 7.65. The van der Waals surface area contributed by atoms with Crippen molar-refractivity contribution in [2.24, 2.45) is 5.92 Å². The third-order valence-corrected chi connectivity index (χ3v) is 4.23. The second-order valence-electron chi connectivity index (χ2n) is 7.89. The summed E-state index contributed by atoms with van der Waals surface area (Å²) in [5.41, 5.74) is 3.21. The number of nitrogens with one attached hydrogen (secondary N) is 1. The molecule has 2 aromatic rings. The summed E-state index contributed by atoms with van der Waals surface area (Å²) in [6.07, 6.45) is 0.926. The first-order valence-corrected chi connectivity index (χ1v) is 8.73. The zero-order valence-corrected chi connectivity index (χ0v) is 15.5. The van der Waals surface area contributed by atoms with Gasteiger partial charge in [0.15, 0.2) is 0 Å². The summed E-state index contributed by atoms with van der Waals surface area (Å²) >= 11 is 0. The maximum atomic E-state index is 12.7. The Morgan fingerprint density at radius 3 is 2.04 bits per heavy atom. The summed E-state index contributed by atoms with van der Waals surface area (Å²) in [6, 6.07) is 18.2. The minimum absolute atomic E-state index is 0.00929. The normalized spacial score (nSPS) is 12.9. The molecule has 1 atom stereocenters. The largest absolute Gasteiger partial charge is 0.345 e. The van der Waals surface area contributed by atoms with Crippen molar-refractivity contribution in [3.05, 3.63) is 71.3 Å². The molecule has 2 aromatic carbocycles. The molecule has 0 fully saturated rings. The monoisotopic (exact) mass is 323 g/mol. The van der Waals surface area contributed by atoms with Crippen molar-refractivity contribution in [2.75, 3.05) is 0 Å². The molecule has 0 heterocycles. The fourth-order valence-corrected chi connectivity index (χ4v) is 2.80. The van der Waals surface area contributed by atoms with Crippen LogP contribution in [0.5, 0.6) is 0 Å². The summed E-state index contributed by atoms with van der Waals surface area (Å²) in [7, 11) is 0. The number of carbonyl (C=O) groups is 1. The maximum Gasteiger partial charge on any atom is 0.251 e. The van der Waals surface area contributed by atoms with Crippen LogP contribution in [-0.2, 0) is 5.41 Å². The highest BCUT2D eigenvalue weighted by molar-refractivity contribution is 5.94. The minimum Gasteiger partial charge on any atom is -0.345 e. The zero-order valence-electron chi connectivity index (χ0n) is 15.5. The molecule has 0 aliphatic carbocycles. The molecule has 24 heavy (non-hydrogen) atoms. The first-order chi connectivity index (χ1) is 11.3. The highest BCUT2D eigenvalue weighted by atomic mass is 16.1. The van der Waals surface area contributed by atoms with Gasteiger partial charge in [-0.25, -0.2) is 0 Å². The molecular weight excluding hydrogens is 294 g/mol. The van der Waals surface area contributed by atoms with Gasteiger partial charge in [-0.3, -0.25) is 4.79 Å². The molecular formula is C22H29NO. The lowest BCUT2D eigenvalue weighted by Gasteiger charge is -2.22. The Hall–Kier alpha value is -2.09. The van der Waals surface area contributed by atoms with Crippen LogP contribution in [0, 0.1) is 5.92 Å². The standard InChI is InChI=1S/C22H29NO/c1-16(2)15-20(17-9-7-6-8-10-17)23-21(24)18-11-13-19(14-12-18)22(3,4)5/h6-14,16,20H,15H2,1-5H3,(H,23,24)/t20-/m0/s1. The van der Waals surface area contributed by atoms with Crippen LogP contribution in [0.3, 0.4) is 0 Å². The maximum absolute atomic E-state index is 12.7. The van der Waals surface area contributed by atoms with Crippen LogP contribution in [0.15, 0.2) is 54.6 Å². The lowest BCUT2D eigenvalue weighted by Crippen LogP contribution is -2.29. The van der Waals surface area contributed by atoms with Gasteiger partial charge >= 0.3 is 0 Å². The van der Waals surface area contributed by atoms with E-state index in [1.54, 1.807) is 0 Å². The third kappa shape index (κ3) is 4.95. The first-order valence-electron chi connectivity index (χ1n) is 8.73. The highest BCUT2D eigenvalue weighted by Crippen LogP contribution is 2.24. The van der Waals surface area contributed by atoms with E-state index < -0.39 is 0 Å². The van der Waals surface area contributed by atoms with Gasteiger partial charge in [-0.2, -0.15) is 0 Å². The van der Waals surface area contributed by atoms with Crippen molar-refractivity contribution in [2.45, 2.75) is 52.5 Å². The molecule has 0 aliphatic heterocycles. The molecule has 0 aliphatic rings. The second-order valence-corrected chi connectivity index (χ2v) is 7.89. The summed E-state index contributed by atoms with van der Waals surface area (Å²) < 4.78 is 0. The van der Waals surface area contributed by atoms with Crippen molar-refractivity contribution in [3.8, 4) is 0 Å². The Balaban J connectivity index is 2.15. The highest BCUT2D eigenvalue weighted by Gasteiger charge is 2.18. The molecule has 0 bridgehead atoms. The fourth-order valence-electron chi connectivity index (χ4n) is 2.80. The van der Waals surface area contributed by atoms with Crippen LogP contribution < -0.4 is 5.32 Å². The van der Waals surface area contributed by atoms with E-state index >= 15 is 0 Å². The van der Waals surface area contributed by atoms with Gasteiger partial charge in [0.25, 0.3) is 5.91 Å². The Kier molecular flexibility index (Phi) is 5.82. The van der Waals surface area contributed by atoms with E-state index in [2.05, 4.69) is 64.2 Å². The van der Waals surface area contributed by atoms with E-state index in [1.807, 2.05) is 30.3 Å². The van der Waals surface area contributed by atoms with Crippen molar-refractivity contribution in [3.63, 3.8) is 0 Å². The molecule has 0 saturated carbocycles. The third-order valence-electron chi connectivity index (χ3n) is 4.23. The van der Waals surface area contributed by atoms with Crippen LogP contribution in [0.4, 0.5) is 0 Å². The van der Waals surface area contributed by atoms with E-state index in [9.17, 15) is 4.79 Å². The molecule has 1 amide bonds. The minimum atomic E-state index is -0.00929. The number of carbonyl (C=O) groups excluding carboxylic acids is 1. The number of amides is 1. The summed E-state index contributed by atoms with van der Waals surface area (Å²) in [4.78, 5) is 12.7.